The number of carbonyl (C=O) groups is 2. The molecule has 0 N–H and O–H groups in total. The van der Waals surface area contributed by atoms with Gasteiger partial charge in [0.15, 0.2) is 0 Å². The van der Waals surface area contributed by atoms with E-state index in [9.17, 15) is 9.59 Å². The molecule has 1 heterocycles. The third kappa shape index (κ3) is 4.93. The summed E-state index contributed by atoms with van der Waals surface area (Å²) in [4.78, 5) is 26.5. The van der Waals surface area contributed by atoms with E-state index in [1.54, 1.807) is 6.08 Å². The lowest BCUT2D eigenvalue weighted by molar-refractivity contribution is -0.123. The van der Waals surface area contributed by atoms with Crippen molar-refractivity contribution in [1.29, 1.82) is 0 Å². The van der Waals surface area contributed by atoms with Gasteiger partial charge in [-0.3, -0.25) is 14.5 Å². The van der Waals surface area contributed by atoms with Crippen LogP contribution < -0.4 is 4.74 Å². The zero-order valence-corrected chi connectivity index (χ0v) is 17.1. The monoisotopic (exact) mass is 393 g/mol. The largest absolute Gasteiger partial charge is 0.491 e. The molecule has 0 aromatic heterocycles. The number of ether oxygens (including phenoxy) is 1. The lowest BCUT2D eigenvalue weighted by Crippen LogP contribution is -2.32. The molecule has 0 spiro atoms. The molecule has 0 unspecified atom stereocenters. The standard InChI is InChI=1S/C23H23NO3S/c1-16-9-10-18(3)20(14-16)27-12-11-24-22(25)21(28-23(24)26)15-17(2)13-19-7-5-4-6-8-19/h4-10,13-15H,11-12H2,1-3H3/b17-13+,21-15-. The molecule has 2 aromatic carbocycles. The number of hydrogen-bond donors (Lipinski definition) is 0. The summed E-state index contributed by atoms with van der Waals surface area (Å²) in [6, 6.07) is 15.8. The van der Waals surface area contributed by atoms with Crippen LogP contribution in [0.5, 0.6) is 5.75 Å². The summed E-state index contributed by atoms with van der Waals surface area (Å²) in [5.41, 5.74) is 4.11. The van der Waals surface area contributed by atoms with Gasteiger partial charge in [-0.15, -0.1) is 0 Å². The maximum atomic E-state index is 12.6. The number of rotatable bonds is 6. The fourth-order valence-corrected chi connectivity index (χ4v) is 3.78. The number of carbonyl (C=O) groups excluding carboxylic acids is 2. The molecule has 1 aliphatic heterocycles. The van der Waals surface area contributed by atoms with E-state index in [-0.39, 0.29) is 24.3 Å². The average molecular weight is 394 g/mol. The molecule has 2 aromatic rings. The topological polar surface area (TPSA) is 46.6 Å². The minimum atomic E-state index is -0.264. The Hall–Kier alpha value is -2.79. The van der Waals surface area contributed by atoms with Crippen LogP contribution in [0.25, 0.3) is 6.08 Å². The highest BCUT2D eigenvalue weighted by Gasteiger charge is 2.34. The van der Waals surface area contributed by atoms with E-state index < -0.39 is 0 Å². The Morgan fingerprint density at radius 2 is 1.86 bits per heavy atom. The Morgan fingerprint density at radius 1 is 1.11 bits per heavy atom. The second-order valence-corrected chi connectivity index (χ2v) is 7.74. The van der Waals surface area contributed by atoms with Crippen LogP contribution in [0.3, 0.4) is 0 Å². The van der Waals surface area contributed by atoms with Crippen molar-refractivity contribution in [2.45, 2.75) is 20.8 Å². The van der Waals surface area contributed by atoms with Gasteiger partial charge in [-0.1, -0.05) is 48.5 Å². The van der Waals surface area contributed by atoms with E-state index in [0.29, 0.717) is 4.91 Å². The normalized spacial score (nSPS) is 16.2. The number of benzene rings is 2. The number of allylic oxidation sites excluding steroid dienone is 2. The molecule has 3 rings (SSSR count). The molecule has 1 aliphatic rings. The summed E-state index contributed by atoms with van der Waals surface area (Å²) in [5.74, 6) is 0.518. The average Bonchev–Trinajstić information content (AvgIpc) is 2.92. The first-order valence-corrected chi connectivity index (χ1v) is 9.94. The first-order valence-electron chi connectivity index (χ1n) is 9.13. The van der Waals surface area contributed by atoms with E-state index in [1.807, 2.05) is 75.4 Å². The van der Waals surface area contributed by atoms with Crippen molar-refractivity contribution in [1.82, 2.24) is 4.90 Å². The van der Waals surface area contributed by atoms with Crippen LogP contribution in [-0.2, 0) is 4.79 Å². The molecular formula is C23H23NO3S. The zero-order valence-electron chi connectivity index (χ0n) is 16.3. The summed E-state index contributed by atoms with van der Waals surface area (Å²) < 4.78 is 5.79. The van der Waals surface area contributed by atoms with Crippen molar-refractivity contribution in [2.24, 2.45) is 0 Å². The Balaban J connectivity index is 1.63. The van der Waals surface area contributed by atoms with E-state index in [1.165, 1.54) is 4.90 Å². The molecule has 0 aliphatic carbocycles. The van der Waals surface area contributed by atoms with Crippen LogP contribution in [-0.4, -0.2) is 29.2 Å². The van der Waals surface area contributed by atoms with Crippen molar-refractivity contribution in [3.8, 4) is 5.75 Å². The van der Waals surface area contributed by atoms with Crippen LogP contribution in [0.1, 0.15) is 23.6 Å². The smallest absolute Gasteiger partial charge is 0.293 e. The molecule has 144 valence electrons. The first kappa shape index (κ1) is 20.0. The van der Waals surface area contributed by atoms with Crippen LogP contribution >= 0.6 is 11.8 Å². The van der Waals surface area contributed by atoms with Crippen molar-refractivity contribution < 1.29 is 14.3 Å². The predicted octanol–water partition coefficient (Wildman–Crippen LogP) is 5.37. The maximum Gasteiger partial charge on any atom is 0.293 e. The minimum absolute atomic E-state index is 0.233. The third-order valence-electron chi connectivity index (χ3n) is 4.34. The number of thioether (sulfide) groups is 1. The van der Waals surface area contributed by atoms with Gasteiger partial charge in [0.25, 0.3) is 11.1 Å². The highest BCUT2D eigenvalue weighted by molar-refractivity contribution is 8.18. The van der Waals surface area contributed by atoms with Crippen LogP contribution in [0.4, 0.5) is 4.79 Å². The third-order valence-corrected chi connectivity index (χ3v) is 5.25. The van der Waals surface area contributed by atoms with Gasteiger partial charge in [0.1, 0.15) is 12.4 Å². The quantitative estimate of drug-likeness (QED) is 0.620. The Bertz CT molecular complexity index is 948. The van der Waals surface area contributed by atoms with Crippen LogP contribution in [0.15, 0.2) is 65.1 Å². The fourth-order valence-electron chi connectivity index (χ4n) is 2.86. The summed E-state index contributed by atoms with van der Waals surface area (Å²) >= 11 is 0.975. The number of amides is 2. The van der Waals surface area contributed by atoms with Gasteiger partial charge in [0.05, 0.1) is 11.4 Å². The highest BCUT2D eigenvalue weighted by atomic mass is 32.2. The predicted molar refractivity (Wildman–Crippen MR) is 114 cm³/mol. The number of hydrogen-bond acceptors (Lipinski definition) is 4. The fraction of sp³-hybridized carbons (Fsp3) is 0.217. The lowest BCUT2D eigenvalue weighted by atomic mass is 10.1. The van der Waals surface area contributed by atoms with Gasteiger partial charge in [-0.2, -0.15) is 0 Å². The second-order valence-electron chi connectivity index (χ2n) is 6.75. The zero-order chi connectivity index (χ0) is 20.1. The van der Waals surface area contributed by atoms with Crippen molar-refractivity contribution >= 4 is 29.0 Å². The van der Waals surface area contributed by atoms with Crippen LogP contribution in [0.2, 0.25) is 0 Å². The van der Waals surface area contributed by atoms with Crippen molar-refractivity contribution in [3.63, 3.8) is 0 Å². The van der Waals surface area contributed by atoms with Crippen LogP contribution in [0, 0.1) is 13.8 Å². The Kier molecular flexibility index (Phi) is 6.37. The molecule has 0 radical (unpaired) electrons. The van der Waals surface area contributed by atoms with Gasteiger partial charge in [0.2, 0.25) is 0 Å². The van der Waals surface area contributed by atoms with E-state index in [0.717, 1.165) is 39.8 Å². The minimum Gasteiger partial charge on any atom is -0.491 e. The van der Waals surface area contributed by atoms with Crippen molar-refractivity contribution in [2.75, 3.05) is 13.2 Å². The van der Waals surface area contributed by atoms with E-state index >= 15 is 0 Å². The summed E-state index contributed by atoms with van der Waals surface area (Å²) in [6.07, 6.45) is 3.75. The van der Waals surface area contributed by atoms with Gasteiger partial charge >= 0.3 is 0 Å². The van der Waals surface area contributed by atoms with Gasteiger partial charge in [-0.05, 0) is 66.9 Å². The van der Waals surface area contributed by atoms with Gasteiger partial charge in [0, 0.05) is 0 Å². The number of imide groups is 1. The first-order chi connectivity index (χ1) is 13.4. The molecule has 2 amide bonds. The molecule has 0 atom stereocenters. The second kappa shape index (κ2) is 8.93. The summed E-state index contributed by atoms with van der Waals surface area (Å²) in [6.45, 7) is 6.40. The van der Waals surface area contributed by atoms with E-state index in [4.69, 9.17) is 4.74 Å². The van der Waals surface area contributed by atoms with Gasteiger partial charge < -0.3 is 4.74 Å². The molecule has 28 heavy (non-hydrogen) atoms. The molecular weight excluding hydrogens is 370 g/mol. The highest BCUT2D eigenvalue weighted by Crippen LogP contribution is 2.31. The Morgan fingerprint density at radius 3 is 2.61 bits per heavy atom. The van der Waals surface area contributed by atoms with Crippen molar-refractivity contribution in [3.05, 3.63) is 81.8 Å². The number of aryl methyl sites for hydroxylation is 2. The number of nitrogens with zero attached hydrogens (tertiary/aromatic N) is 1. The summed E-state index contributed by atoms with van der Waals surface area (Å²) in [7, 11) is 0. The molecule has 0 bridgehead atoms. The summed E-state index contributed by atoms with van der Waals surface area (Å²) in [5, 5.41) is -0.256. The van der Waals surface area contributed by atoms with Gasteiger partial charge in [-0.25, -0.2) is 0 Å². The molecule has 1 saturated heterocycles. The maximum absolute atomic E-state index is 12.6. The molecule has 0 saturated carbocycles. The van der Waals surface area contributed by atoms with E-state index in [2.05, 4.69) is 0 Å². The lowest BCUT2D eigenvalue weighted by Gasteiger charge is -2.14. The molecule has 4 nitrogen and oxygen atoms in total. The molecule has 1 fully saturated rings. The molecule has 5 heteroatoms. The Labute approximate surface area is 169 Å². The SMILES string of the molecule is CC(/C=C1\SC(=O)N(CCOc2cc(C)ccc2C)C1=O)=C\c1ccccc1.